The number of benzene rings is 2. The lowest BCUT2D eigenvalue weighted by atomic mass is 9.47. The molecule has 9 rings (SSSR count). The molecular weight excluding hydrogens is 775 g/mol. The number of hydrogen-bond acceptors (Lipinski definition) is 13. The predicted molar refractivity (Wildman–Crippen MR) is 229 cm³/mol. The lowest BCUT2D eigenvalue weighted by Crippen LogP contribution is -2.81. The number of fused-ring (bicyclic) bond motifs is 5. The number of piperidine rings is 1. The van der Waals surface area contributed by atoms with Crippen molar-refractivity contribution in [3.05, 3.63) is 70.2 Å². The van der Waals surface area contributed by atoms with Crippen LogP contribution in [0.3, 0.4) is 0 Å². The van der Waals surface area contributed by atoms with Crippen molar-refractivity contribution in [2.75, 3.05) is 66.0 Å². The second kappa shape index (κ2) is 14.4. The quantitative estimate of drug-likeness (QED) is 0.182. The van der Waals surface area contributed by atoms with Crippen LogP contribution in [0.1, 0.15) is 81.5 Å². The fraction of sp³-hybridized carbons (Fsp3) is 0.574. The summed E-state index contributed by atoms with van der Waals surface area (Å²) in [5.41, 5.74) is 0.0232. The van der Waals surface area contributed by atoms with E-state index in [0.717, 1.165) is 33.3 Å². The zero-order valence-electron chi connectivity index (χ0n) is 36.4. The Hall–Kier alpha value is -4.68. The minimum absolute atomic E-state index is 0.114. The van der Waals surface area contributed by atoms with Crippen molar-refractivity contribution >= 4 is 41.9 Å². The number of esters is 3. The fourth-order valence-corrected chi connectivity index (χ4v) is 14.0. The van der Waals surface area contributed by atoms with Crippen LogP contribution < -0.4 is 15.1 Å². The van der Waals surface area contributed by atoms with Crippen molar-refractivity contribution in [2.24, 2.45) is 11.3 Å². The highest BCUT2D eigenvalue weighted by molar-refractivity contribution is 6.67. The van der Waals surface area contributed by atoms with E-state index in [1.165, 1.54) is 21.1 Å². The first kappa shape index (κ1) is 41.7. The van der Waals surface area contributed by atoms with Crippen LogP contribution in [0.2, 0.25) is 0 Å². The summed E-state index contributed by atoms with van der Waals surface area (Å²) >= 11 is 0. The minimum Gasteiger partial charge on any atom is -0.496 e. The van der Waals surface area contributed by atoms with Crippen LogP contribution in [-0.2, 0) is 39.4 Å². The van der Waals surface area contributed by atoms with E-state index >= 15 is 4.79 Å². The number of anilines is 1. The second-order valence-electron chi connectivity index (χ2n) is 18.8. The maximum absolute atomic E-state index is 15.4. The van der Waals surface area contributed by atoms with E-state index in [4.69, 9.17) is 18.9 Å². The van der Waals surface area contributed by atoms with Gasteiger partial charge in [-0.25, -0.2) is 4.79 Å². The molecule has 2 saturated heterocycles. The largest absolute Gasteiger partial charge is 0.496 e. The maximum atomic E-state index is 15.4. The predicted octanol–water partition coefficient (Wildman–Crippen LogP) is 2.67. The molecule has 6 aliphatic heterocycles. The summed E-state index contributed by atoms with van der Waals surface area (Å²) in [5, 5.41) is 35.4. The topological polar surface area (TPSA) is 162 Å². The van der Waals surface area contributed by atoms with Gasteiger partial charge in [0.2, 0.25) is 5.60 Å². The van der Waals surface area contributed by atoms with Crippen LogP contribution in [0.5, 0.6) is 5.75 Å². The van der Waals surface area contributed by atoms with Gasteiger partial charge in [-0.15, -0.1) is 0 Å². The summed E-state index contributed by atoms with van der Waals surface area (Å²) in [6.07, 6.45) is 5.80. The van der Waals surface area contributed by atoms with Crippen molar-refractivity contribution in [3.63, 3.8) is 0 Å². The van der Waals surface area contributed by atoms with E-state index in [1.54, 1.807) is 7.11 Å². The average molecular weight is 833 g/mol. The van der Waals surface area contributed by atoms with Crippen LogP contribution in [0, 0.1) is 22.7 Å². The molecule has 1 aliphatic carbocycles. The van der Waals surface area contributed by atoms with Crippen molar-refractivity contribution < 1.29 is 43.5 Å². The summed E-state index contributed by atoms with van der Waals surface area (Å²) in [4.78, 5) is 49.5. The summed E-state index contributed by atoms with van der Waals surface area (Å²) in [7, 11) is 6.58. The molecule has 61 heavy (non-hydrogen) atoms. The number of likely N-dealkylation sites (N-methyl/N-ethyl adjacent to an activating group) is 1. The Morgan fingerprint density at radius 1 is 0.984 bits per heavy atom. The fourth-order valence-electron chi connectivity index (χ4n) is 14.0. The molecular formula is C47H57BN4O9. The number of nitriles is 1. The standard InChI is InChI=1S/C47H57BN4O9/c1-8-43(56)22-29-23-46(41(54)59-6,37-30(13-17-51(25-29)26-43)31-19-28(24-49)11-12-34(31)48-37)33-20-32-35(21-36(33)58-5)50(4)39-45(32)15-18-52-16-10-14-44(9-2,38(45)52)40(61-27(3)53)47(39,57)42(55)60-7/h10-12,14,19-21,29,38-40,48,56-57H,8-9,13,15-18,22-23,25-26H2,1-7H3/t29-,38+,39-,40-,43+,44-,45-,46+,47+/m1/s1. The zero-order valence-corrected chi connectivity index (χ0v) is 36.4. The molecule has 0 radical (unpaired) electrons. The number of ether oxygens (including phenoxy) is 4. The summed E-state index contributed by atoms with van der Waals surface area (Å²) in [6.45, 7) is 8.47. The zero-order chi connectivity index (χ0) is 43.4. The molecule has 0 aromatic heterocycles. The molecule has 1 unspecified atom stereocenters. The molecule has 3 fully saturated rings. The average Bonchev–Trinajstić information content (AvgIpc) is 3.92. The summed E-state index contributed by atoms with van der Waals surface area (Å²) in [5.74, 6) is -1.61. The van der Waals surface area contributed by atoms with Gasteiger partial charge < -0.3 is 34.1 Å². The number of hydrogen-bond donors (Lipinski definition) is 2. The van der Waals surface area contributed by atoms with E-state index < -0.39 is 57.5 Å². The van der Waals surface area contributed by atoms with Gasteiger partial charge in [-0.1, -0.05) is 43.0 Å². The highest BCUT2D eigenvalue weighted by Crippen LogP contribution is 2.68. The van der Waals surface area contributed by atoms with E-state index in [1.807, 2.05) is 62.2 Å². The highest BCUT2D eigenvalue weighted by atomic mass is 16.6. The Bertz CT molecular complexity index is 2330. The van der Waals surface area contributed by atoms with Crippen molar-refractivity contribution in [1.29, 1.82) is 5.26 Å². The van der Waals surface area contributed by atoms with Crippen molar-refractivity contribution in [2.45, 2.75) is 99.5 Å². The van der Waals surface area contributed by atoms with Gasteiger partial charge >= 0.3 is 17.9 Å². The Balaban J connectivity index is 1.36. The molecule has 10 atom stereocenters. The summed E-state index contributed by atoms with van der Waals surface area (Å²) < 4.78 is 24.0. The first-order chi connectivity index (χ1) is 29.2. The van der Waals surface area contributed by atoms with Gasteiger partial charge in [-0.3, -0.25) is 19.4 Å². The van der Waals surface area contributed by atoms with Crippen molar-refractivity contribution in [1.82, 2.24) is 9.80 Å². The maximum Gasteiger partial charge on any atom is 0.344 e. The smallest absolute Gasteiger partial charge is 0.344 e. The Morgan fingerprint density at radius 2 is 1.75 bits per heavy atom. The van der Waals surface area contributed by atoms with E-state index in [9.17, 15) is 25.1 Å². The van der Waals surface area contributed by atoms with Crippen LogP contribution in [0.15, 0.2) is 48.0 Å². The molecule has 2 aromatic carbocycles. The third-order valence-corrected chi connectivity index (χ3v) is 16.2. The van der Waals surface area contributed by atoms with Gasteiger partial charge in [0.15, 0.2) is 13.4 Å². The SMILES string of the molecule is CC[C@]1(O)C[C@H]2CN(CCC3=C(Bc4ccc(C#N)cc43)[C@@](C(=O)OC)(c3cc4c(cc3OC)N(C)[C@H]3[C@@](O)(C(=O)OC)[C@H](OC(C)=O)[C@]5(CC)C=CCN6CC[C@]43[C@@H]65)C2)C1. The summed E-state index contributed by atoms with van der Waals surface area (Å²) in [6, 6.07) is 10.8. The number of nitrogens with zero attached hydrogens (tertiary/aromatic N) is 4. The molecule has 322 valence electrons. The molecule has 1 saturated carbocycles. The Labute approximate surface area is 358 Å². The van der Waals surface area contributed by atoms with E-state index in [2.05, 4.69) is 21.9 Å². The molecule has 7 aliphatic rings. The van der Waals surface area contributed by atoms with Gasteiger partial charge in [-0.05, 0) is 85.9 Å². The minimum atomic E-state index is -2.32. The first-order valence-electron chi connectivity index (χ1n) is 21.8. The molecule has 6 heterocycles. The molecule has 2 aromatic rings. The third kappa shape index (κ3) is 5.49. The molecule has 0 amide bonds. The molecule has 14 heteroatoms. The third-order valence-electron chi connectivity index (χ3n) is 16.2. The molecule has 2 N–H and O–H groups in total. The first-order valence-corrected chi connectivity index (χ1v) is 21.8. The number of aliphatic hydroxyl groups is 2. The van der Waals surface area contributed by atoms with E-state index in [-0.39, 0.29) is 12.0 Å². The lowest BCUT2D eigenvalue weighted by molar-refractivity contribution is -0.228. The van der Waals surface area contributed by atoms with Crippen LogP contribution in [-0.4, -0.2) is 136 Å². The second-order valence-corrected chi connectivity index (χ2v) is 18.8. The van der Waals surface area contributed by atoms with Crippen LogP contribution >= 0.6 is 0 Å². The van der Waals surface area contributed by atoms with Gasteiger partial charge in [0.05, 0.1) is 44.6 Å². The molecule has 13 nitrogen and oxygen atoms in total. The normalized spacial score (nSPS) is 36.7. The van der Waals surface area contributed by atoms with E-state index in [0.29, 0.717) is 95.4 Å². The number of carbonyl (C=O) groups excluding carboxylic acids is 3. The van der Waals surface area contributed by atoms with Crippen LogP contribution in [0.25, 0.3) is 5.57 Å². The number of carbonyl (C=O) groups is 3. The van der Waals surface area contributed by atoms with Gasteiger partial charge in [0.1, 0.15) is 11.2 Å². The van der Waals surface area contributed by atoms with Crippen molar-refractivity contribution in [3.8, 4) is 11.8 Å². The Kier molecular flexibility index (Phi) is 9.87. The van der Waals surface area contributed by atoms with Gasteiger partial charge in [-0.2, -0.15) is 5.26 Å². The number of rotatable bonds is 7. The molecule has 2 bridgehead atoms. The van der Waals surface area contributed by atoms with Gasteiger partial charge in [0, 0.05) is 74.3 Å². The Morgan fingerprint density at radius 3 is 2.43 bits per heavy atom. The number of methoxy groups -OCH3 is 3. The monoisotopic (exact) mass is 832 g/mol. The lowest BCUT2D eigenvalue weighted by Gasteiger charge is -2.63. The highest BCUT2D eigenvalue weighted by Gasteiger charge is 2.80. The van der Waals surface area contributed by atoms with Crippen LogP contribution in [0.4, 0.5) is 5.69 Å². The van der Waals surface area contributed by atoms with Gasteiger partial charge in [0.25, 0.3) is 0 Å². The molecule has 1 spiro atoms.